The first-order valence-corrected chi connectivity index (χ1v) is 6.55. The molecule has 0 saturated heterocycles. The number of likely N-dealkylation sites (N-methyl/N-ethyl adjacent to an activating group) is 1. The average Bonchev–Trinajstić information content (AvgIpc) is 2.37. The molecule has 0 fully saturated rings. The highest BCUT2D eigenvalue weighted by Gasteiger charge is 2.04. The second-order valence-electron chi connectivity index (χ2n) is 4.24. The lowest BCUT2D eigenvalue weighted by Gasteiger charge is -2.19. The summed E-state index contributed by atoms with van der Waals surface area (Å²) < 4.78 is 5.83. The molecule has 0 bridgehead atoms. The van der Waals surface area contributed by atoms with Gasteiger partial charge in [-0.05, 0) is 43.3 Å². The molecule has 2 N–H and O–H groups in total. The highest BCUT2D eigenvalue weighted by molar-refractivity contribution is 5.48. The van der Waals surface area contributed by atoms with Crippen LogP contribution in [0.5, 0.6) is 5.75 Å². The lowest BCUT2D eigenvalue weighted by atomic mass is 10.1. The van der Waals surface area contributed by atoms with Crippen LogP contribution >= 0.6 is 0 Å². The fourth-order valence-corrected chi connectivity index (χ4v) is 1.88. The van der Waals surface area contributed by atoms with E-state index >= 15 is 0 Å². The third-order valence-electron chi connectivity index (χ3n) is 3.01. The molecule has 0 atom stereocenters. The molecule has 0 aromatic heterocycles. The van der Waals surface area contributed by atoms with Gasteiger partial charge in [-0.1, -0.05) is 19.9 Å². The number of anilines is 1. The molecular weight excluding hydrogens is 224 g/mol. The van der Waals surface area contributed by atoms with Gasteiger partial charge in [-0.25, -0.2) is 0 Å². The van der Waals surface area contributed by atoms with Crippen molar-refractivity contribution >= 4 is 5.69 Å². The van der Waals surface area contributed by atoms with Crippen LogP contribution in [-0.2, 0) is 6.42 Å². The topological polar surface area (TPSA) is 38.5 Å². The van der Waals surface area contributed by atoms with Gasteiger partial charge in [0.15, 0.2) is 0 Å². The van der Waals surface area contributed by atoms with E-state index in [0.29, 0.717) is 6.61 Å². The van der Waals surface area contributed by atoms with Crippen molar-refractivity contribution in [2.45, 2.75) is 20.3 Å². The Morgan fingerprint density at radius 3 is 2.67 bits per heavy atom. The van der Waals surface area contributed by atoms with Crippen molar-refractivity contribution in [2.24, 2.45) is 0 Å². The molecule has 3 heteroatoms. The summed E-state index contributed by atoms with van der Waals surface area (Å²) in [5, 5.41) is 0. The highest BCUT2D eigenvalue weighted by Crippen LogP contribution is 2.22. The molecule has 100 valence electrons. The summed E-state index contributed by atoms with van der Waals surface area (Å²) >= 11 is 0. The van der Waals surface area contributed by atoms with E-state index in [1.54, 1.807) is 0 Å². The van der Waals surface area contributed by atoms with Gasteiger partial charge in [0.25, 0.3) is 0 Å². The van der Waals surface area contributed by atoms with Crippen molar-refractivity contribution in [3.63, 3.8) is 0 Å². The Bertz CT molecular complexity index is 373. The van der Waals surface area contributed by atoms with Crippen LogP contribution in [0.3, 0.4) is 0 Å². The van der Waals surface area contributed by atoms with Crippen LogP contribution in [0.2, 0.25) is 0 Å². The maximum absolute atomic E-state index is 5.83. The van der Waals surface area contributed by atoms with E-state index in [9.17, 15) is 0 Å². The first kappa shape index (κ1) is 14.6. The van der Waals surface area contributed by atoms with Gasteiger partial charge in [0.1, 0.15) is 12.4 Å². The van der Waals surface area contributed by atoms with Crippen molar-refractivity contribution < 1.29 is 4.74 Å². The lowest BCUT2D eigenvalue weighted by molar-refractivity contribution is 0.222. The average molecular weight is 248 g/mol. The van der Waals surface area contributed by atoms with Gasteiger partial charge in [-0.15, -0.1) is 6.58 Å². The molecule has 0 amide bonds. The van der Waals surface area contributed by atoms with Crippen molar-refractivity contribution in [2.75, 3.05) is 32.0 Å². The Kier molecular flexibility index (Phi) is 6.29. The number of nitrogen functional groups attached to an aromatic ring is 1. The summed E-state index contributed by atoms with van der Waals surface area (Å²) in [6.45, 7) is 11.8. The second-order valence-corrected chi connectivity index (χ2v) is 4.24. The van der Waals surface area contributed by atoms with Crippen LogP contribution in [0.15, 0.2) is 30.9 Å². The van der Waals surface area contributed by atoms with Crippen LogP contribution in [0.1, 0.15) is 19.4 Å². The summed E-state index contributed by atoms with van der Waals surface area (Å²) in [6, 6.07) is 5.77. The number of nitrogens with two attached hydrogens (primary N) is 1. The smallest absolute Gasteiger partial charge is 0.123 e. The summed E-state index contributed by atoms with van der Waals surface area (Å²) in [5.74, 6) is 0.913. The largest absolute Gasteiger partial charge is 0.492 e. The Hall–Kier alpha value is -1.48. The third kappa shape index (κ3) is 4.41. The minimum Gasteiger partial charge on any atom is -0.492 e. The molecule has 0 unspecified atom stereocenters. The third-order valence-corrected chi connectivity index (χ3v) is 3.01. The molecule has 0 aliphatic carbocycles. The molecule has 0 radical (unpaired) electrons. The quantitative estimate of drug-likeness (QED) is 0.568. The zero-order chi connectivity index (χ0) is 13.4. The van der Waals surface area contributed by atoms with Crippen molar-refractivity contribution in [3.05, 3.63) is 36.4 Å². The van der Waals surface area contributed by atoms with E-state index in [0.717, 1.165) is 43.1 Å². The number of nitrogens with zero attached hydrogens (tertiary/aromatic N) is 1. The number of hydrogen-bond acceptors (Lipinski definition) is 3. The van der Waals surface area contributed by atoms with Gasteiger partial charge in [0, 0.05) is 12.2 Å². The molecule has 0 aliphatic rings. The molecule has 0 spiro atoms. The van der Waals surface area contributed by atoms with Gasteiger partial charge in [-0.2, -0.15) is 0 Å². The normalized spacial score (nSPS) is 10.6. The molecular formula is C15H24N2O. The van der Waals surface area contributed by atoms with E-state index in [-0.39, 0.29) is 0 Å². The van der Waals surface area contributed by atoms with Crippen LogP contribution in [0.25, 0.3) is 0 Å². The molecule has 0 aliphatic heterocycles. The van der Waals surface area contributed by atoms with Crippen molar-refractivity contribution in [1.29, 1.82) is 0 Å². The van der Waals surface area contributed by atoms with E-state index in [4.69, 9.17) is 10.5 Å². The molecule has 3 nitrogen and oxygen atoms in total. The summed E-state index contributed by atoms with van der Waals surface area (Å²) in [5.41, 5.74) is 7.65. The van der Waals surface area contributed by atoms with Gasteiger partial charge in [0.05, 0.1) is 0 Å². The van der Waals surface area contributed by atoms with Gasteiger partial charge >= 0.3 is 0 Å². The van der Waals surface area contributed by atoms with Crippen LogP contribution < -0.4 is 10.5 Å². The number of hydrogen-bond donors (Lipinski definition) is 1. The van der Waals surface area contributed by atoms with Crippen molar-refractivity contribution in [3.8, 4) is 5.75 Å². The highest BCUT2D eigenvalue weighted by atomic mass is 16.5. The minimum atomic E-state index is 0.704. The first-order valence-electron chi connectivity index (χ1n) is 6.55. The molecule has 0 heterocycles. The molecule has 18 heavy (non-hydrogen) atoms. The zero-order valence-electron chi connectivity index (χ0n) is 11.5. The van der Waals surface area contributed by atoms with E-state index < -0.39 is 0 Å². The zero-order valence-corrected chi connectivity index (χ0v) is 11.5. The first-order chi connectivity index (χ1) is 8.71. The maximum Gasteiger partial charge on any atom is 0.123 e. The second kappa shape index (κ2) is 7.77. The van der Waals surface area contributed by atoms with Crippen LogP contribution in [0, 0.1) is 0 Å². The SMILES string of the molecule is C=CCc1cc(N)ccc1OCCN(CC)CC. The van der Waals surface area contributed by atoms with Gasteiger partial charge in [0.2, 0.25) is 0 Å². The van der Waals surface area contributed by atoms with Crippen molar-refractivity contribution in [1.82, 2.24) is 4.90 Å². The minimum absolute atomic E-state index is 0.704. The fourth-order valence-electron chi connectivity index (χ4n) is 1.88. The van der Waals surface area contributed by atoms with Crippen LogP contribution in [-0.4, -0.2) is 31.1 Å². The van der Waals surface area contributed by atoms with E-state index in [2.05, 4.69) is 25.3 Å². The summed E-state index contributed by atoms with van der Waals surface area (Å²) in [4.78, 5) is 2.34. The number of benzene rings is 1. The standard InChI is InChI=1S/C15H24N2O/c1-4-7-13-12-14(16)8-9-15(13)18-11-10-17(5-2)6-3/h4,8-9,12H,1,5-7,10-11,16H2,2-3H3. The van der Waals surface area contributed by atoms with E-state index in [1.165, 1.54) is 0 Å². The molecule has 0 saturated carbocycles. The predicted molar refractivity (Wildman–Crippen MR) is 78.0 cm³/mol. The summed E-state index contributed by atoms with van der Waals surface area (Å²) in [7, 11) is 0. The maximum atomic E-state index is 5.83. The number of rotatable bonds is 8. The predicted octanol–water partition coefficient (Wildman–Crippen LogP) is 2.72. The summed E-state index contributed by atoms with van der Waals surface area (Å²) in [6.07, 6.45) is 2.65. The number of allylic oxidation sites excluding steroid dienone is 1. The Morgan fingerprint density at radius 2 is 2.06 bits per heavy atom. The fraction of sp³-hybridized carbons (Fsp3) is 0.467. The molecule has 1 aromatic carbocycles. The Morgan fingerprint density at radius 1 is 1.33 bits per heavy atom. The Labute approximate surface area is 110 Å². The van der Waals surface area contributed by atoms with Gasteiger partial charge in [-0.3, -0.25) is 0 Å². The lowest BCUT2D eigenvalue weighted by Crippen LogP contribution is -2.28. The monoisotopic (exact) mass is 248 g/mol. The molecule has 1 rings (SSSR count). The Balaban J connectivity index is 2.58. The number of ether oxygens (including phenoxy) is 1. The van der Waals surface area contributed by atoms with Gasteiger partial charge < -0.3 is 15.4 Å². The van der Waals surface area contributed by atoms with E-state index in [1.807, 2.05) is 24.3 Å². The van der Waals surface area contributed by atoms with Crippen LogP contribution in [0.4, 0.5) is 5.69 Å². The molecule has 1 aromatic rings.